The molecule has 2 aromatic heterocycles. The third kappa shape index (κ3) is 9.63. The number of rotatable bonds is 14. The van der Waals surface area contributed by atoms with Gasteiger partial charge in [-0.15, -0.1) is 15.3 Å². The second-order valence-electron chi connectivity index (χ2n) is 8.31. The van der Waals surface area contributed by atoms with E-state index in [4.69, 9.17) is 0 Å². The SMILES string of the molecule is CC(=O)N[C@@H](CCCCn1cc(CCCC(=O)Nc2nnc(C)s2)nn1)C(=O)CC(C)C. The molecular weight excluding hydrogens is 430 g/mol. The van der Waals surface area contributed by atoms with Gasteiger partial charge >= 0.3 is 0 Å². The van der Waals surface area contributed by atoms with Gasteiger partial charge in [-0.05, 0) is 44.9 Å². The molecule has 0 saturated heterocycles. The second-order valence-corrected chi connectivity index (χ2v) is 9.50. The molecule has 2 heterocycles. The summed E-state index contributed by atoms with van der Waals surface area (Å²) in [5, 5.41) is 22.9. The molecule has 11 heteroatoms. The van der Waals surface area contributed by atoms with E-state index < -0.39 is 6.04 Å². The average molecular weight is 464 g/mol. The van der Waals surface area contributed by atoms with E-state index in [1.807, 2.05) is 27.0 Å². The summed E-state index contributed by atoms with van der Waals surface area (Å²) in [4.78, 5) is 35.7. The van der Waals surface area contributed by atoms with Crippen molar-refractivity contribution in [1.29, 1.82) is 0 Å². The van der Waals surface area contributed by atoms with Crippen LogP contribution in [0.2, 0.25) is 0 Å². The fraction of sp³-hybridized carbons (Fsp3) is 0.667. The zero-order valence-electron chi connectivity index (χ0n) is 19.3. The molecule has 0 aliphatic carbocycles. The van der Waals surface area contributed by atoms with Crippen LogP contribution >= 0.6 is 11.3 Å². The first-order valence-corrected chi connectivity index (χ1v) is 11.8. The number of amides is 2. The maximum atomic E-state index is 12.3. The summed E-state index contributed by atoms with van der Waals surface area (Å²) in [6.45, 7) is 7.96. The van der Waals surface area contributed by atoms with Gasteiger partial charge in [0.25, 0.3) is 0 Å². The van der Waals surface area contributed by atoms with Crippen molar-refractivity contribution in [2.75, 3.05) is 5.32 Å². The number of nitrogens with zero attached hydrogens (tertiary/aromatic N) is 5. The number of unbranched alkanes of at least 4 members (excludes halogenated alkanes) is 1. The molecule has 32 heavy (non-hydrogen) atoms. The Morgan fingerprint density at radius 3 is 2.56 bits per heavy atom. The van der Waals surface area contributed by atoms with Gasteiger partial charge in [-0.1, -0.05) is 30.4 Å². The molecule has 0 unspecified atom stereocenters. The largest absolute Gasteiger partial charge is 0.347 e. The molecule has 0 fully saturated rings. The van der Waals surface area contributed by atoms with E-state index >= 15 is 0 Å². The zero-order chi connectivity index (χ0) is 23.5. The second kappa shape index (κ2) is 13.0. The number of nitrogens with one attached hydrogen (secondary N) is 2. The predicted octanol–water partition coefficient (Wildman–Crippen LogP) is 2.69. The number of Topliss-reactive ketones (excluding diaryl/α,β-unsaturated/α-hetero) is 1. The zero-order valence-corrected chi connectivity index (χ0v) is 20.1. The van der Waals surface area contributed by atoms with Gasteiger partial charge in [0.15, 0.2) is 5.78 Å². The van der Waals surface area contributed by atoms with Crippen LogP contribution in [0.4, 0.5) is 5.13 Å². The summed E-state index contributed by atoms with van der Waals surface area (Å²) in [6.07, 6.45) is 6.32. The highest BCUT2D eigenvalue weighted by atomic mass is 32.1. The Kier molecular flexibility index (Phi) is 10.4. The van der Waals surface area contributed by atoms with Crippen molar-refractivity contribution in [2.45, 2.75) is 85.2 Å². The van der Waals surface area contributed by atoms with Crippen LogP contribution in [0, 0.1) is 12.8 Å². The van der Waals surface area contributed by atoms with Gasteiger partial charge in [0, 0.05) is 32.5 Å². The van der Waals surface area contributed by atoms with Gasteiger partial charge in [0.05, 0.1) is 11.7 Å². The summed E-state index contributed by atoms with van der Waals surface area (Å²) in [6, 6.07) is -0.420. The summed E-state index contributed by atoms with van der Waals surface area (Å²) in [5.41, 5.74) is 0.841. The van der Waals surface area contributed by atoms with Gasteiger partial charge < -0.3 is 10.6 Å². The van der Waals surface area contributed by atoms with Crippen LogP contribution in [-0.4, -0.2) is 48.8 Å². The van der Waals surface area contributed by atoms with E-state index in [1.165, 1.54) is 18.3 Å². The molecule has 2 rings (SSSR count). The molecule has 10 nitrogen and oxygen atoms in total. The quantitative estimate of drug-likeness (QED) is 0.412. The number of ketones is 1. The van der Waals surface area contributed by atoms with Crippen LogP contribution in [0.5, 0.6) is 0 Å². The maximum Gasteiger partial charge on any atom is 0.226 e. The van der Waals surface area contributed by atoms with E-state index in [9.17, 15) is 14.4 Å². The Hall–Kier alpha value is -2.69. The van der Waals surface area contributed by atoms with E-state index in [-0.39, 0.29) is 23.5 Å². The first kappa shape index (κ1) is 25.6. The van der Waals surface area contributed by atoms with Gasteiger partial charge in [-0.2, -0.15) is 0 Å². The molecule has 0 spiro atoms. The molecule has 0 aliphatic heterocycles. The first-order valence-electron chi connectivity index (χ1n) is 11.0. The van der Waals surface area contributed by atoms with Crippen molar-refractivity contribution in [1.82, 2.24) is 30.5 Å². The van der Waals surface area contributed by atoms with E-state index in [1.54, 1.807) is 4.68 Å². The predicted molar refractivity (Wildman–Crippen MR) is 122 cm³/mol. The molecule has 2 amide bonds. The number of aromatic nitrogens is 5. The van der Waals surface area contributed by atoms with Crippen molar-refractivity contribution < 1.29 is 14.4 Å². The average Bonchev–Trinajstić information content (AvgIpc) is 3.32. The van der Waals surface area contributed by atoms with Crippen molar-refractivity contribution >= 4 is 34.1 Å². The molecule has 0 bridgehead atoms. The van der Waals surface area contributed by atoms with Crippen molar-refractivity contribution in [3.05, 3.63) is 16.9 Å². The molecule has 0 saturated carbocycles. The minimum atomic E-state index is -0.420. The normalized spacial score (nSPS) is 12.0. The van der Waals surface area contributed by atoms with Crippen LogP contribution in [0.15, 0.2) is 6.20 Å². The van der Waals surface area contributed by atoms with Crippen LogP contribution in [0.1, 0.15) is 70.0 Å². The number of hydrogen-bond acceptors (Lipinski definition) is 8. The smallest absolute Gasteiger partial charge is 0.226 e. The third-order valence-electron chi connectivity index (χ3n) is 4.70. The fourth-order valence-corrected chi connectivity index (χ4v) is 3.86. The Bertz CT molecular complexity index is 894. The highest BCUT2D eigenvalue weighted by molar-refractivity contribution is 7.15. The topological polar surface area (TPSA) is 132 Å². The number of hydrogen-bond donors (Lipinski definition) is 2. The van der Waals surface area contributed by atoms with Crippen LogP contribution in [-0.2, 0) is 27.3 Å². The summed E-state index contributed by atoms with van der Waals surface area (Å²) >= 11 is 1.35. The van der Waals surface area contributed by atoms with Crippen LogP contribution in [0.3, 0.4) is 0 Å². The number of anilines is 1. The molecule has 176 valence electrons. The van der Waals surface area contributed by atoms with Gasteiger partial charge in [0.2, 0.25) is 16.9 Å². The van der Waals surface area contributed by atoms with E-state index in [0.29, 0.717) is 43.8 Å². The molecule has 0 aliphatic rings. The Morgan fingerprint density at radius 1 is 1.12 bits per heavy atom. The highest BCUT2D eigenvalue weighted by Crippen LogP contribution is 2.14. The minimum absolute atomic E-state index is 0.0866. The number of carbonyl (C=O) groups excluding carboxylic acids is 3. The maximum absolute atomic E-state index is 12.3. The molecule has 0 aromatic carbocycles. The number of aryl methyl sites for hydroxylation is 3. The summed E-state index contributed by atoms with van der Waals surface area (Å²) in [7, 11) is 0. The Morgan fingerprint density at radius 2 is 1.91 bits per heavy atom. The lowest BCUT2D eigenvalue weighted by Crippen LogP contribution is -2.40. The van der Waals surface area contributed by atoms with E-state index in [2.05, 4.69) is 31.1 Å². The molecule has 1 atom stereocenters. The van der Waals surface area contributed by atoms with E-state index in [0.717, 1.165) is 23.5 Å². The highest BCUT2D eigenvalue weighted by Gasteiger charge is 2.19. The minimum Gasteiger partial charge on any atom is -0.347 e. The van der Waals surface area contributed by atoms with Gasteiger partial charge in [-0.25, -0.2) is 0 Å². The number of carbonyl (C=O) groups is 3. The summed E-state index contributed by atoms with van der Waals surface area (Å²) < 4.78 is 1.78. The lowest BCUT2D eigenvalue weighted by atomic mass is 9.98. The standard InChI is InChI=1S/C21H33N7O3S/c1-14(2)12-19(30)18(22-15(3)29)9-5-6-11-28-13-17(25-27-28)8-7-10-20(31)23-21-26-24-16(4)32-21/h13-14,18H,5-12H2,1-4H3,(H,22,29)(H,23,26,31)/t18-/m0/s1. The Labute approximate surface area is 192 Å². The lowest BCUT2D eigenvalue weighted by Gasteiger charge is -2.17. The van der Waals surface area contributed by atoms with Gasteiger partial charge in [-0.3, -0.25) is 19.1 Å². The van der Waals surface area contributed by atoms with Crippen molar-refractivity contribution in [3.63, 3.8) is 0 Å². The molecule has 0 radical (unpaired) electrons. The lowest BCUT2D eigenvalue weighted by molar-refractivity contribution is -0.127. The summed E-state index contributed by atoms with van der Waals surface area (Å²) in [5.74, 6) is 0.0879. The third-order valence-corrected chi connectivity index (χ3v) is 5.45. The van der Waals surface area contributed by atoms with Crippen LogP contribution < -0.4 is 10.6 Å². The van der Waals surface area contributed by atoms with Gasteiger partial charge in [0.1, 0.15) is 5.01 Å². The monoisotopic (exact) mass is 463 g/mol. The molecule has 2 N–H and O–H groups in total. The first-order chi connectivity index (χ1) is 15.2. The fourth-order valence-electron chi connectivity index (χ4n) is 3.25. The Balaban J connectivity index is 1.67. The molecular formula is C21H33N7O3S. The van der Waals surface area contributed by atoms with Crippen molar-refractivity contribution in [3.8, 4) is 0 Å². The molecule has 2 aromatic rings. The van der Waals surface area contributed by atoms with Crippen molar-refractivity contribution in [2.24, 2.45) is 5.92 Å². The van der Waals surface area contributed by atoms with Crippen LogP contribution in [0.25, 0.3) is 0 Å².